The Labute approximate surface area is 162 Å². The lowest BCUT2D eigenvalue weighted by atomic mass is 10.1. The molecule has 1 aromatic heterocycles. The molecule has 1 N–H and O–H groups in total. The lowest BCUT2D eigenvalue weighted by molar-refractivity contribution is -0.274. The van der Waals surface area contributed by atoms with Crippen LogP contribution < -0.4 is 19.5 Å². The maximum absolute atomic E-state index is 12.5. The first-order valence-electron chi connectivity index (χ1n) is 8.85. The number of methoxy groups -OCH3 is 2. The van der Waals surface area contributed by atoms with E-state index in [-0.39, 0.29) is 17.5 Å². The van der Waals surface area contributed by atoms with Crippen LogP contribution in [0.1, 0.15) is 32.4 Å². The van der Waals surface area contributed by atoms with Crippen LogP contribution in [0, 0.1) is 6.92 Å². The second-order valence-corrected chi connectivity index (χ2v) is 6.08. The van der Waals surface area contributed by atoms with Crippen molar-refractivity contribution in [3.8, 4) is 28.6 Å². The third-order valence-corrected chi connectivity index (χ3v) is 4.22. The Kier molecular flexibility index (Phi) is 6.93. The summed E-state index contributed by atoms with van der Waals surface area (Å²) in [6, 6.07) is 4.04. The maximum Gasteiger partial charge on any atom is 0.573 e. The highest BCUT2D eigenvalue weighted by molar-refractivity contribution is 5.72. The van der Waals surface area contributed by atoms with Crippen molar-refractivity contribution < 1.29 is 27.4 Å². The number of halogens is 3. The fourth-order valence-electron chi connectivity index (χ4n) is 2.75. The molecule has 2 rings (SSSR count). The van der Waals surface area contributed by atoms with Gasteiger partial charge in [-0.05, 0) is 31.9 Å². The second kappa shape index (κ2) is 8.99. The predicted molar refractivity (Wildman–Crippen MR) is 100.0 cm³/mol. The van der Waals surface area contributed by atoms with Crippen molar-refractivity contribution in [2.45, 2.75) is 46.0 Å². The summed E-state index contributed by atoms with van der Waals surface area (Å²) in [7, 11) is 2.85. The number of aromatic nitrogens is 2. The SMILES string of the molecule is CCC(CC)Nc1nc(C)c(-c2ccc(OC(F)(F)F)cc2O[14CH3])nc1OC. The topological polar surface area (TPSA) is 65.5 Å². The molecule has 0 saturated carbocycles. The number of benzene rings is 1. The molecule has 1 heterocycles. The van der Waals surface area contributed by atoms with E-state index in [1.54, 1.807) is 6.92 Å². The largest absolute Gasteiger partial charge is 0.573 e. The number of aryl methyl sites for hydroxylation is 1. The van der Waals surface area contributed by atoms with Gasteiger partial charge in [-0.3, -0.25) is 0 Å². The molecule has 2 aromatic rings. The molecule has 0 aliphatic rings. The Balaban J connectivity index is 2.47. The molecule has 0 radical (unpaired) electrons. The highest BCUT2D eigenvalue weighted by atomic mass is 19.4. The minimum Gasteiger partial charge on any atom is -0.496 e. The molecule has 0 aliphatic heterocycles. The van der Waals surface area contributed by atoms with Crippen LogP contribution in [0.15, 0.2) is 18.2 Å². The van der Waals surface area contributed by atoms with E-state index >= 15 is 0 Å². The summed E-state index contributed by atoms with van der Waals surface area (Å²) in [4.78, 5) is 9.05. The van der Waals surface area contributed by atoms with E-state index in [0.717, 1.165) is 18.9 Å². The molecular formula is C19H24F3N3O3. The Morgan fingerprint density at radius 2 is 1.86 bits per heavy atom. The van der Waals surface area contributed by atoms with Crippen LogP contribution in [0.3, 0.4) is 0 Å². The smallest absolute Gasteiger partial charge is 0.496 e. The van der Waals surface area contributed by atoms with Crippen LogP contribution in [-0.4, -0.2) is 36.6 Å². The summed E-state index contributed by atoms with van der Waals surface area (Å²) in [5, 5.41) is 3.31. The molecule has 0 amide bonds. The minimum atomic E-state index is -4.78. The van der Waals surface area contributed by atoms with Crippen molar-refractivity contribution >= 4 is 5.82 Å². The summed E-state index contributed by atoms with van der Waals surface area (Å²) in [6.07, 6.45) is -2.96. The van der Waals surface area contributed by atoms with Crippen molar-refractivity contribution in [2.24, 2.45) is 0 Å². The number of hydrogen-bond donors (Lipinski definition) is 1. The van der Waals surface area contributed by atoms with E-state index in [1.165, 1.54) is 26.4 Å². The second-order valence-electron chi connectivity index (χ2n) is 6.08. The Morgan fingerprint density at radius 1 is 1.18 bits per heavy atom. The summed E-state index contributed by atoms with van der Waals surface area (Å²) in [5.74, 6) is 0.623. The van der Waals surface area contributed by atoms with Gasteiger partial charge in [0.05, 0.1) is 25.6 Å². The molecule has 9 heteroatoms. The standard InChI is InChI=1S/C19H24F3N3O3/c1-6-12(7-2)24-17-18(27-5)25-16(11(3)23-17)14-9-8-13(10-15(14)26-4)28-19(20,21)22/h8-10,12H,6-7H2,1-5H3,(H,23,24)/i4+2. The highest BCUT2D eigenvalue weighted by Gasteiger charge is 2.31. The van der Waals surface area contributed by atoms with Crippen molar-refractivity contribution in [3.63, 3.8) is 0 Å². The number of ether oxygens (including phenoxy) is 3. The van der Waals surface area contributed by atoms with Gasteiger partial charge in [0.25, 0.3) is 5.88 Å². The third-order valence-electron chi connectivity index (χ3n) is 4.22. The average Bonchev–Trinajstić information content (AvgIpc) is 2.65. The number of rotatable bonds is 8. The van der Waals surface area contributed by atoms with Gasteiger partial charge in [0.2, 0.25) is 0 Å². The van der Waals surface area contributed by atoms with Crippen LogP contribution in [0.2, 0.25) is 0 Å². The lowest BCUT2D eigenvalue weighted by Gasteiger charge is -2.19. The van der Waals surface area contributed by atoms with Crippen LogP contribution in [0.5, 0.6) is 17.4 Å². The van der Waals surface area contributed by atoms with Gasteiger partial charge < -0.3 is 19.5 Å². The fraction of sp³-hybridized carbons (Fsp3) is 0.474. The molecule has 0 saturated heterocycles. The number of alkyl halides is 3. The summed E-state index contributed by atoms with van der Waals surface area (Å²) >= 11 is 0. The minimum absolute atomic E-state index is 0.182. The summed E-state index contributed by atoms with van der Waals surface area (Å²) in [5.41, 5.74) is 1.51. The maximum atomic E-state index is 12.5. The van der Waals surface area contributed by atoms with Crippen molar-refractivity contribution in [1.82, 2.24) is 9.97 Å². The van der Waals surface area contributed by atoms with E-state index in [4.69, 9.17) is 9.47 Å². The van der Waals surface area contributed by atoms with Gasteiger partial charge >= 0.3 is 6.36 Å². The number of hydrogen-bond acceptors (Lipinski definition) is 6. The average molecular weight is 401 g/mol. The van der Waals surface area contributed by atoms with Crippen molar-refractivity contribution in [1.29, 1.82) is 0 Å². The van der Waals surface area contributed by atoms with E-state index in [0.29, 0.717) is 28.6 Å². The van der Waals surface area contributed by atoms with E-state index in [2.05, 4.69) is 33.9 Å². The molecule has 0 aliphatic carbocycles. The Morgan fingerprint density at radius 3 is 2.39 bits per heavy atom. The molecule has 154 valence electrons. The molecule has 0 atom stereocenters. The van der Waals surface area contributed by atoms with Crippen molar-refractivity contribution in [2.75, 3.05) is 19.5 Å². The quantitative estimate of drug-likeness (QED) is 0.674. The van der Waals surface area contributed by atoms with Crippen LogP contribution >= 0.6 is 0 Å². The first-order valence-corrected chi connectivity index (χ1v) is 8.85. The molecule has 0 unspecified atom stereocenters. The van der Waals surface area contributed by atoms with Gasteiger partial charge in [0.15, 0.2) is 5.82 Å². The van der Waals surface area contributed by atoms with E-state index < -0.39 is 6.36 Å². The van der Waals surface area contributed by atoms with E-state index in [1.807, 2.05) is 0 Å². The van der Waals surface area contributed by atoms with Gasteiger partial charge in [-0.15, -0.1) is 13.2 Å². The number of anilines is 1. The monoisotopic (exact) mass is 401 g/mol. The van der Waals surface area contributed by atoms with E-state index in [9.17, 15) is 13.2 Å². The van der Waals surface area contributed by atoms with Crippen LogP contribution in [-0.2, 0) is 0 Å². The van der Waals surface area contributed by atoms with Crippen molar-refractivity contribution in [3.05, 3.63) is 23.9 Å². The molecule has 28 heavy (non-hydrogen) atoms. The molecule has 0 spiro atoms. The fourth-order valence-corrected chi connectivity index (χ4v) is 2.75. The lowest BCUT2D eigenvalue weighted by Crippen LogP contribution is -2.19. The van der Waals surface area contributed by atoms with Gasteiger partial charge in [0.1, 0.15) is 11.5 Å². The van der Waals surface area contributed by atoms with Crippen LogP contribution in [0.4, 0.5) is 19.0 Å². The molecular weight excluding hydrogens is 377 g/mol. The third kappa shape index (κ3) is 5.17. The highest BCUT2D eigenvalue weighted by Crippen LogP contribution is 2.37. The first-order chi connectivity index (χ1) is 13.2. The summed E-state index contributed by atoms with van der Waals surface area (Å²) < 4.78 is 51.9. The van der Waals surface area contributed by atoms with Gasteiger partial charge in [-0.2, -0.15) is 0 Å². The molecule has 0 fully saturated rings. The van der Waals surface area contributed by atoms with Gasteiger partial charge in [-0.25, -0.2) is 9.97 Å². The van der Waals surface area contributed by atoms with Crippen LogP contribution in [0.25, 0.3) is 11.3 Å². The zero-order chi connectivity index (χ0) is 20.9. The number of nitrogens with zero attached hydrogens (tertiary/aromatic N) is 2. The van der Waals surface area contributed by atoms with Gasteiger partial charge in [0, 0.05) is 17.7 Å². The first kappa shape index (κ1) is 21.6. The Hall–Kier alpha value is -2.71. The Bertz CT molecular complexity index is 809. The zero-order valence-electron chi connectivity index (χ0n) is 16.5. The molecule has 6 nitrogen and oxygen atoms in total. The molecule has 1 aromatic carbocycles. The van der Waals surface area contributed by atoms with Gasteiger partial charge in [-0.1, -0.05) is 13.8 Å². The number of nitrogens with one attached hydrogen (secondary N) is 1. The predicted octanol–water partition coefficient (Wildman–Crippen LogP) is 4.97. The summed E-state index contributed by atoms with van der Waals surface area (Å²) in [6.45, 7) is 5.90. The normalized spacial score (nSPS) is 11.5. The zero-order valence-corrected chi connectivity index (χ0v) is 16.5. The molecule has 0 bridgehead atoms.